The summed E-state index contributed by atoms with van der Waals surface area (Å²) in [5.74, 6) is 0.700. The Morgan fingerprint density at radius 1 is 1.41 bits per heavy atom. The molecular weight excluding hydrogens is 282 g/mol. The molecule has 1 unspecified atom stereocenters. The third kappa shape index (κ3) is 3.24. The standard InChI is InChI=1S/C17H25NO4/c1-10(19)6-7-18(5)16(21)15-11(2)14-12(20)8-17(3,4)9-13(14)22-15/h10,19H,6-9H2,1-5H3. The Bertz CT molecular complexity index is 598. The van der Waals surface area contributed by atoms with Crippen molar-refractivity contribution in [2.45, 2.75) is 53.1 Å². The summed E-state index contributed by atoms with van der Waals surface area (Å²) in [6.45, 7) is 7.97. The van der Waals surface area contributed by atoms with Crippen LogP contribution in [0.4, 0.5) is 0 Å². The van der Waals surface area contributed by atoms with Crippen LogP contribution in [0.15, 0.2) is 4.42 Å². The van der Waals surface area contributed by atoms with E-state index in [4.69, 9.17) is 4.42 Å². The van der Waals surface area contributed by atoms with Gasteiger partial charge in [-0.15, -0.1) is 0 Å². The van der Waals surface area contributed by atoms with E-state index in [-0.39, 0.29) is 22.9 Å². The number of nitrogens with zero attached hydrogens (tertiary/aromatic N) is 1. The summed E-state index contributed by atoms with van der Waals surface area (Å²) in [5.41, 5.74) is 1.10. The maximum Gasteiger partial charge on any atom is 0.289 e. The van der Waals surface area contributed by atoms with Gasteiger partial charge >= 0.3 is 0 Å². The van der Waals surface area contributed by atoms with Crippen molar-refractivity contribution in [1.82, 2.24) is 4.90 Å². The molecule has 0 saturated heterocycles. The second-order valence-corrected chi connectivity index (χ2v) is 7.16. The number of rotatable bonds is 4. The first-order chi connectivity index (χ1) is 10.1. The number of ketones is 1. The zero-order chi connectivity index (χ0) is 16.7. The predicted octanol–water partition coefficient (Wildman–Crippen LogP) is 2.59. The molecule has 1 aliphatic carbocycles. The van der Waals surface area contributed by atoms with Crippen molar-refractivity contribution in [1.29, 1.82) is 0 Å². The van der Waals surface area contributed by atoms with Crippen LogP contribution in [0.25, 0.3) is 0 Å². The van der Waals surface area contributed by atoms with Gasteiger partial charge < -0.3 is 14.4 Å². The molecule has 1 N–H and O–H groups in total. The molecular formula is C17H25NO4. The van der Waals surface area contributed by atoms with E-state index in [9.17, 15) is 14.7 Å². The number of carbonyl (C=O) groups is 2. The van der Waals surface area contributed by atoms with Crippen LogP contribution in [-0.4, -0.2) is 41.4 Å². The first-order valence-corrected chi connectivity index (χ1v) is 7.71. The largest absolute Gasteiger partial charge is 0.455 e. The molecule has 0 aromatic carbocycles. The summed E-state index contributed by atoms with van der Waals surface area (Å²) >= 11 is 0. The number of Topliss-reactive ketones (excluding diaryl/α,β-unsaturated/α-hetero) is 1. The van der Waals surface area contributed by atoms with Crippen LogP contribution < -0.4 is 0 Å². The van der Waals surface area contributed by atoms with Crippen LogP contribution in [0.2, 0.25) is 0 Å². The van der Waals surface area contributed by atoms with Gasteiger partial charge in [0, 0.05) is 32.0 Å². The van der Waals surface area contributed by atoms with Crippen LogP contribution in [0, 0.1) is 12.3 Å². The summed E-state index contributed by atoms with van der Waals surface area (Å²) in [7, 11) is 1.68. The Kier molecular flexibility index (Phi) is 4.47. The zero-order valence-corrected chi connectivity index (χ0v) is 14.0. The van der Waals surface area contributed by atoms with Crippen LogP contribution >= 0.6 is 0 Å². The van der Waals surface area contributed by atoms with E-state index in [0.717, 1.165) is 0 Å². The van der Waals surface area contributed by atoms with Gasteiger partial charge in [0.25, 0.3) is 5.91 Å². The first kappa shape index (κ1) is 16.7. The van der Waals surface area contributed by atoms with Gasteiger partial charge in [-0.2, -0.15) is 0 Å². The van der Waals surface area contributed by atoms with E-state index >= 15 is 0 Å². The fourth-order valence-electron chi connectivity index (χ4n) is 2.94. The maximum absolute atomic E-state index is 12.5. The van der Waals surface area contributed by atoms with Crippen molar-refractivity contribution < 1.29 is 19.1 Å². The lowest BCUT2D eigenvalue weighted by Gasteiger charge is -2.27. The number of hydrogen-bond donors (Lipinski definition) is 1. The lowest BCUT2D eigenvalue weighted by molar-refractivity contribution is 0.0731. The summed E-state index contributed by atoms with van der Waals surface area (Å²) in [5, 5.41) is 9.33. The molecule has 1 amide bonds. The van der Waals surface area contributed by atoms with E-state index in [1.54, 1.807) is 20.9 Å². The van der Waals surface area contributed by atoms with E-state index in [1.165, 1.54) is 4.90 Å². The minimum atomic E-state index is -0.455. The van der Waals surface area contributed by atoms with Gasteiger partial charge in [0.05, 0.1) is 11.7 Å². The highest BCUT2D eigenvalue weighted by Crippen LogP contribution is 2.38. The van der Waals surface area contributed by atoms with E-state index < -0.39 is 6.10 Å². The van der Waals surface area contributed by atoms with Gasteiger partial charge in [-0.05, 0) is 25.7 Å². The molecule has 22 heavy (non-hydrogen) atoms. The first-order valence-electron chi connectivity index (χ1n) is 7.71. The Balaban J connectivity index is 2.27. The molecule has 0 saturated carbocycles. The lowest BCUT2D eigenvalue weighted by Crippen LogP contribution is -2.29. The van der Waals surface area contributed by atoms with Crippen LogP contribution in [-0.2, 0) is 6.42 Å². The molecule has 0 fully saturated rings. The molecule has 122 valence electrons. The van der Waals surface area contributed by atoms with Gasteiger partial charge in [-0.25, -0.2) is 0 Å². The molecule has 5 heteroatoms. The monoisotopic (exact) mass is 307 g/mol. The molecule has 1 aliphatic rings. The zero-order valence-electron chi connectivity index (χ0n) is 14.0. The van der Waals surface area contributed by atoms with Gasteiger partial charge in [0.1, 0.15) is 5.76 Å². The van der Waals surface area contributed by atoms with E-state index in [1.807, 2.05) is 13.8 Å². The highest BCUT2D eigenvalue weighted by atomic mass is 16.4. The molecule has 0 radical (unpaired) electrons. The number of hydrogen-bond acceptors (Lipinski definition) is 4. The Morgan fingerprint density at radius 2 is 2.05 bits per heavy atom. The SMILES string of the molecule is Cc1c(C(=O)N(C)CCC(C)O)oc2c1C(=O)CC(C)(C)C2. The average molecular weight is 307 g/mol. The van der Waals surface area contributed by atoms with Crippen molar-refractivity contribution in [3.8, 4) is 0 Å². The van der Waals surface area contributed by atoms with Gasteiger partial charge in [-0.1, -0.05) is 13.8 Å². The van der Waals surface area contributed by atoms with Crippen molar-refractivity contribution in [3.05, 3.63) is 22.6 Å². The summed E-state index contributed by atoms with van der Waals surface area (Å²) in [4.78, 5) is 26.4. The van der Waals surface area contributed by atoms with Crippen LogP contribution in [0.3, 0.4) is 0 Å². The lowest BCUT2D eigenvalue weighted by atomic mass is 9.76. The Morgan fingerprint density at radius 3 is 2.64 bits per heavy atom. The minimum Gasteiger partial charge on any atom is -0.455 e. The van der Waals surface area contributed by atoms with E-state index in [0.29, 0.717) is 42.7 Å². The molecule has 1 heterocycles. The minimum absolute atomic E-state index is 0.0539. The maximum atomic E-state index is 12.5. The number of fused-ring (bicyclic) bond motifs is 1. The second-order valence-electron chi connectivity index (χ2n) is 7.16. The molecule has 2 rings (SSSR count). The molecule has 5 nitrogen and oxygen atoms in total. The van der Waals surface area contributed by atoms with E-state index in [2.05, 4.69) is 0 Å². The number of aliphatic hydroxyl groups is 1. The fraction of sp³-hybridized carbons (Fsp3) is 0.647. The third-order valence-corrected chi connectivity index (χ3v) is 4.20. The molecule has 1 atom stereocenters. The van der Waals surface area contributed by atoms with Crippen LogP contribution in [0.5, 0.6) is 0 Å². The van der Waals surface area contributed by atoms with Gasteiger partial charge in [-0.3, -0.25) is 9.59 Å². The normalized spacial score (nSPS) is 18.0. The molecule has 1 aromatic rings. The number of amides is 1. The third-order valence-electron chi connectivity index (χ3n) is 4.20. The number of aliphatic hydroxyl groups excluding tert-OH is 1. The van der Waals surface area contributed by atoms with Crippen molar-refractivity contribution in [3.63, 3.8) is 0 Å². The fourth-order valence-corrected chi connectivity index (χ4v) is 2.94. The average Bonchev–Trinajstić information content (AvgIpc) is 2.70. The molecule has 0 bridgehead atoms. The summed E-state index contributed by atoms with van der Waals surface area (Å²) in [6.07, 6.45) is 1.20. The predicted molar refractivity (Wildman–Crippen MR) is 83.1 cm³/mol. The quantitative estimate of drug-likeness (QED) is 0.928. The van der Waals surface area contributed by atoms with Gasteiger partial charge in [0.2, 0.25) is 0 Å². The smallest absolute Gasteiger partial charge is 0.289 e. The molecule has 0 spiro atoms. The molecule has 0 aliphatic heterocycles. The number of carbonyl (C=O) groups excluding carboxylic acids is 2. The van der Waals surface area contributed by atoms with Crippen molar-refractivity contribution in [2.75, 3.05) is 13.6 Å². The molecule has 1 aromatic heterocycles. The van der Waals surface area contributed by atoms with Crippen LogP contribution in [0.1, 0.15) is 65.8 Å². The summed E-state index contributed by atoms with van der Waals surface area (Å²) in [6, 6.07) is 0. The number of furan rings is 1. The van der Waals surface area contributed by atoms with Crippen molar-refractivity contribution >= 4 is 11.7 Å². The van der Waals surface area contributed by atoms with Crippen molar-refractivity contribution in [2.24, 2.45) is 5.41 Å². The highest BCUT2D eigenvalue weighted by Gasteiger charge is 2.37. The second kappa shape index (κ2) is 5.88. The summed E-state index contributed by atoms with van der Waals surface area (Å²) < 4.78 is 5.76. The highest BCUT2D eigenvalue weighted by molar-refractivity contribution is 6.03. The topological polar surface area (TPSA) is 70.8 Å². The Labute approximate surface area is 131 Å². The van der Waals surface area contributed by atoms with Gasteiger partial charge in [0.15, 0.2) is 11.5 Å². The Hall–Kier alpha value is -1.62.